The van der Waals surface area contributed by atoms with Crippen LogP contribution in [-0.4, -0.2) is 0 Å². The third-order valence-electron chi connectivity index (χ3n) is 2.81. The van der Waals surface area contributed by atoms with Crippen LogP contribution in [0.3, 0.4) is 0 Å². The van der Waals surface area contributed by atoms with E-state index in [1.54, 1.807) is 18.2 Å². The minimum atomic E-state index is -0.717. The minimum Gasteiger partial charge on any atom is -0.308 e. The molecular formula is C15H11ClF2N2. The maximum atomic E-state index is 13.6. The summed E-state index contributed by atoms with van der Waals surface area (Å²) >= 11 is 5.77. The second-order valence-electron chi connectivity index (χ2n) is 4.26. The van der Waals surface area contributed by atoms with Gasteiger partial charge in [-0.1, -0.05) is 23.7 Å². The Hall–Kier alpha value is -1.96. The normalized spacial score (nSPS) is 10.3. The van der Waals surface area contributed by atoms with Crippen LogP contribution in [0.25, 0.3) is 0 Å². The fourth-order valence-corrected chi connectivity index (χ4v) is 1.90. The number of benzene rings is 2. The number of rotatable bonds is 4. The molecule has 0 atom stereocenters. The van der Waals surface area contributed by atoms with Crippen LogP contribution in [0.1, 0.15) is 16.7 Å². The first-order chi connectivity index (χ1) is 9.60. The van der Waals surface area contributed by atoms with E-state index in [1.165, 1.54) is 0 Å². The summed E-state index contributed by atoms with van der Waals surface area (Å²) in [6.07, 6.45) is 0. The van der Waals surface area contributed by atoms with E-state index in [0.29, 0.717) is 11.6 Å². The molecule has 0 aliphatic rings. The van der Waals surface area contributed by atoms with Crippen molar-refractivity contribution in [3.05, 3.63) is 69.7 Å². The Morgan fingerprint density at radius 1 is 1.05 bits per heavy atom. The average molecular weight is 293 g/mol. The summed E-state index contributed by atoms with van der Waals surface area (Å²) in [7, 11) is 0. The number of nitrogens with zero attached hydrogens (tertiary/aromatic N) is 1. The number of halogens is 3. The molecule has 2 rings (SSSR count). The van der Waals surface area contributed by atoms with Gasteiger partial charge in [-0.2, -0.15) is 5.26 Å². The molecule has 0 saturated heterocycles. The van der Waals surface area contributed by atoms with Gasteiger partial charge in [0.05, 0.1) is 11.6 Å². The quantitative estimate of drug-likeness (QED) is 0.931. The Kier molecular flexibility index (Phi) is 4.67. The number of nitriles is 1. The van der Waals surface area contributed by atoms with Crippen LogP contribution >= 0.6 is 11.6 Å². The number of hydrogen-bond donors (Lipinski definition) is 1. The van der Waals surface area contributed by atoms with E-state index in [4.69, 9.17) is 16.9 Å². The molecule has 0 amide bonds. The molecule has 20 heavy (non-hydrogen) atoms. The van der Waals surface area contributed by atoms with Gasteiger partial charge in [-0.15, -0.1) is 0 Å². The van der Waals surface area contributed by atoms with E-state index >= 15 is 0 Å². The van der Waals surface area contributed by atoms with Crippen molar-refractivity contribution in [1.82, 2.24) is 5.32 Å². The topological polar surface area (TPSA) is 35.8 Å². The molecular weight excluding hydrogens is 282 g/mol. The largest absolute Gasteiger partial charge is 0.308 e. The van der Waals surface area contributed by atoms with Gasteiger partial charge in [-0.25, -0.2) is 8.78 Å². The highest BCUT2D eigenvalue weighted by molar-refractivity contribution is 6.30. The van der Waals surface area contributed by atoms with Crippen molar-refractivity contribution in [3.63, 3.8) is 0 Å². The van der Waals surface area contributed by atoms with Crippen LogP contribution < -0.4 is 5.32 Å². The van der Waals surface area contributed by atoms with Gasteiger partial charge in [0.1, 0.15) is 11.6 Å². The standard InChI is InChI=1S/C15H11ClF2N2/c16-12-3-1-10(2-4-12)8-20-9-13-14(17)5-11(7-19)6-15(13)18/h1-6,20H,8-9H2. The van der Waals surface area contributed by atoms with Gasteiger partial charge >= 0.3 is 0 Å². The van der Waals surface area contributed by atoms with Crippen LogP contribution in [0.5, 0.6) is 0 Å². The number of hydrogen-bond acceptors (Lipinski definition) is 2. The molecule has 0 bridgehead atoms. The molecule has 0 heterocycles. The second-order valence-corrected chi connectivity index (χ2v) is 4.70. The molecule has 2 aromatic carbocycles. The van der Waals surface area contributed by atoms with Crippen molar-refractivity contribution >= 4 is 11.6 Å². The van der Waals surface area contributed by atoms with E-state index in [1.807, 2.05) is 12.1 Å². The Balaban J connectivity index is 2.01. The van der Waals surface area contributed by atoms with Gasteiger partial charge in [0.15, 0.2) is 0 Å². The van der Waals surface area contributed by atoms with Crippen molar-refractivity contribution in [2.45, 2.75) is 13.1 Å². The van der Waals surface area contributed by atoms with Crippen molar-refractivity contribution in [2.24, 2.45) is 0 Å². The highest BCUT2D eigenvalue weighted by atomic mass is 35.5. The van der Waals surface area contributed by atoms with Gasteiger partial charge in [0.2, 0.25) is 0 Å². The predicted octanol–water partition coefficient (Wildman–Crippen LogP) is 3.78. The summed E-state index contributed by atoms with van der Waals surface area (Å²) in [5.74, 6) is -1.43. The molecule has 0 aromatic heterocycles. The molecule has 0 aliphatic carbocycles. The van der Waals surface area contributed by atoms with Gasteiger partial charge in [-0.3, -0.25) is 0 Å². The molecule has 0 fully saturated rings. The fraction of sp³-hybridized carbons (Fsp3) is 0.133. The molecule has 0 aliphatic heterocycles. The first-order valence-electron chi connectivity index (χ1n) is 5.93. The fourth-order valence-electron chi connectivity index (χ4n) is 1.77. The molecule has 0 radical (unpaired) electrons. The third kappa shape index (κ3) is 3.53. The third-order valence-corrected chi connectivity index (χ3v) is 3.07. The zero-order chi connectivity index (χ0) is 14.5. The molecule has 2 nitrogen and oxygen atoms in total. The van der Waals surface area contributed by atoms with Gasteiger partial charge in [0.25, 0.3) is 0 Å². The van der Waals surface area contributed by atoms with Crippen molar-refractivity contribution in [2.75, 3.05) is 0 Å². The highest BCUT2D eigenvalue weighted by Crippen LogP contribution is 2.15. The van der Waals surface area contributed by atoms with Crippen LogP contribution in [0.4, 0.5) is 8.78 Å². The molecule has 2 aromatic rings. The first-order valence-corrected chi connectivity index (χ1v) is 6.31. The molecule has 0 spiro atoms. The van der Waals surface area contributed by atoms with E-state index in [9.17, 15) is 8.78 Å². The van der Waals surface area contributed by atoms with Crippen molar-refractivity contribution in [3.8, 4) is 6.07 Å². The summed E-state index contributed by atoms with van der Waals surface area (Å²) in [5.41, 5.74) is 0.864. The molecule has 0 saturated carbocycles. The van der Waals surface area contributed by atoms with Crippen LogP contribution in [0.2, 0.25) is 5.02 Å². The number of nitrogens with one attached hydrogen (secondary N) is 1. The molecule has 5 heteroatoms. The Bertz CT molecular complexity index is 625. The Morgan fingerprint density at radius 3 is 2.20 bits per heavy atom. The molecule has 0 unspecified atom stereocenters. The first kappa shape index (κ1) is 14.4. The zero-order valence-electron chi connectivity index (χ0n) is 10.5. The monoisotopic (exact) mass is 292 g/mol. The smallest absolute Gasteiger partial charge is 0.131 e. The summed E-state index contributed by atoms with van der Waals surface area (Å²) in [4.78, 5) is 0. The van der Waals surface area contributed by atoms with Crippen LogP contribution in [0.15, 0.2) is 36.4 Å². The van der Waals surface area contributed by atoms with Crippen molar-refractivity contribution in [1.29, 1.82) is 5.26 Å². The van der Waals surface area contributed by atoms with E-state index in [-0.39, 0.29) is 17.7 Å². The highest BCUT2D eigenvalue weighted by Gasteiger charge is 2.10. The van der Waals surface area contributed by atoms with E-state index in [2.05, 4.69) is 5.32 Å². The van der Waals surface area contributed by atoms with E-state index < -0.39 is 11.6 Å². The van der Waals surface area contributed by atoms with E-state index in [0.717, 1.165) is 17.7 Å². The van der Waals surface area contributed by atoms with Gasteiger partial charge < -0.3 is 5.32 Å². The summed E-state index contributed by atoms with van der Waals surface area (Å²) in [6, 6.07) is 10.9. The lowest BCUT2D eigenvalue weighted by molar-refractivity contribution is 0.535. The summed E-state index contributed by atoms with van der Waals surface area (Å²) < 4.78 is 27.3. The van der Waals surface area contributed by atoms with Crippen molar-refractivity contribution < 1.29 is 8.78 Å². The van der Waals surface area contributed by atoms with Crippen LogP contribution in [0, 0.1) is 23.0 Å². The lowest BCUT2D eigenvalue weighted by atomic mass is 10.1. The zero-order valence-corrected chi connectivity index (χ0v) is 11.2. The average Bonchev–Trinajstić information content (AvgIpc) is 2.43. The lowest BCUT2D eigenvalue weighted by Gasteiger charge is -2.08. The lowest BCUT2D eigenvalue weighted by Crippen LogP contribution is -2.15. The molecule has 102 valence electrons. The Morgan fingerprint density at radius 2 is 1.65 bits per heavy atom. The maximum absolute atomic E-state index is 13.6. The Labute approximate surface area is 120 Å². The predicted molar refractivity (Wildman–Crippen MR) is 73.1 cm³/mol. The van der Waals surface area contributed by atoms with Gasteiger partial charge in [0, 0.05) is 23.7 Å². The summed E-state index contributed by atoms with van der Waals surface area (Å²) in [5, 5.41) is 12.2. The molecule has 1 N–H and O–H groups in total. The van der Waals surface area contributed by atoms with Crippen LogP contribution in [-0.2, 0) is 13.1 Å². The summed E-state index contributed by atoms with van der Waals surface area (Å²) in [6.45, 7) is 0.516. The minimum absolute atomic E-state index is 0.0264. The SMILES string of the molecule is N#Cc1cc(F)c(CNCc2ccc(Cl)cc2)c(F)c1. The maximum Gasteiger partial charge on any atom is 0.131 e. The van der Waals surface area contributed by atoms with Gasteiger partial charge in [-0.05, 0) is 29.8 Å². The second kappa shape index (κ2) is 6.47.